The van der Waals surface area contributed by atoms with Crippen LogP contribution in [0.1, 0.15) is 51.5 Å². The first-order valence-electron chi connectivity index (χ1n) is 10.1. The van der Waals surface area contributed by atoms with E-state index in [1.165, 1.54) is 0 Å². The van der Waals surface area contributed by atoms with E-state index in [-0.39, 0.29) is 29.0 Å². The second kappa shape index (κ2) is 10.0. The van der Waals surface area contributed by atoms with E-state index in [1.54, 1.807) is 11.9 Å². The maximum Gasteiger partial charge on any atom is 0.246 e. The molecule has 3 rings (SSSR count). The van der Waals surface area contributed by atoms with E-state index in [4.69, 9.17) is 23.2 Å². The number of carbonyl (C=O) groups is 3. The lowest BCUT2D eigenvalue weighted by Gasteiger charge is -2.31. The fourth-order valence-electron chi connectivity index (χ4n) is 4.04. The zero-order chi connectivity index (χ0) is 22.5. The molecule has 0 bridgehead atoms. The zero-order valence-electron chi connectivity index (χ0n) is 18.0. The summed E-state index contributed by atoms with van der Waals surface area (Å²) in [6.07, 6.45) is 2.00. The van der Waals surface area contributed by atoms with E-state index in [9.17, 15) is 14.4 Å². The van der Waals surface area contributed by atoms with Crippen molar-refractivity contribution in [3.05, 3.63) is 35.9 Å². The maximum atomic E-state index is 13.1. The molecule has 0 radical (unpaired) electrons. The Kier molecular flexibility index (Phi) is 8.17. The van der Waals surface area contributed by atoms with Crippen molar-refractivity contribution < 1.29 is 14.4 Å². The first kappa shape index (κ1) is 24.5. The minimum Gasteiger partial charge on any atom is -0.357 e. The minimum atomic E-state index is -0.924. The van der Waals surface area contributed by atoms with Crippen LogP contribution in [-0.2, 0) is 14.4 Å². The van der Waals surface area contributed by atoms with Gasteiger partial charge in [-0.2, -0.15) is 0 Å². The van der Waals surface area contributed by atoms with Gasteiger partial charge in [-0.25, -0.2) is 0 Å². The molecule has 1 aliphatic heterocycles. The smallest absolute Gasteiger partial charge is 0.246 e. The van der Waals surface area contributed by atoms with Crippen LogP contribution < -0.4 is 10.6 Å². The van der Waals surface area contributed by atoms with Crippen molar-refractivity contribution in [3.63, 3.8) is 0 Å². The third kappa shape index (κ3) is 5.27. The van der Waals surface area contributed by atoms with E-state index >= 15 is 0 Å². The number of amides is 3. The predicted molar refractivity (Wildman–Crippen MR) is 120 cm³/mol. The highest BCUT2D eigenvalue weighted by molar-refractivity contribution is 6.40. The second-order valence-electron chi connectivity index (χ2n) is 8.71. The summed E-state index contributed by atoms with van der Waals surface area (Å²) in [5, 5.41) is 5.88. The van der Waals surface area contributed by atoms with Gasteiger partial charge in [0.15, 0.2) is 0 Å². The van der Waals surface area contributed by atoms with E-state index in [2.05, 4.69) is 10.6 Å². The molecular formula is C22H31Cl2N3O3. The molecular weight excluding hydrogens is 425 g/mol. The van der Waals surface area contributed by atoms with Gasteiger partial charge in [0.1, 0.15) is 11.6 Å². The number of alkyl halides is 2. The molecule has 3 amide bonds. The first-order chi connectivity index (χ1) is 14.1. The lowest BCUT2D eigenvalue weighted by molar-refractivity contribution is -0.145. The van der Waals surface area contributed by atoms with Crippen LogP contribution in [0, 0.1) is 5.41 Å². The Balaban J connectivity index is 0.00000101. The summed E-state index contributed by atoms with van der Waals surface area (Å²) in [5.41, 5.74) is -0.421. The van der Waals surface area contributed by atoms with E-state index in [1.807, 2.05) is 51.1 Å². The third-order valence-corrected chi connectivity index (χ3v) is 5.60. The van der Waals surface area contributed by atoms with Gasteiger partial charge in [0, 0.05) is 24.9 Å². The van der Waals surface area contributed by atoms with Gasteiger partial charge in [0.2, 0.25) is 17.7 Å². The van der Waals surface area contributed by atoms with Crippen LogP contribution in [-0.4, -0.2) is 53.1 Å². The summed E-state index contributed by atoms with van der Waals surface area (Å²) < 4.78 is 0. The summed E-state index contributed by atoms with van der Waals surface area (Å²) in [7, 11) is 1.58. The van der Waals surface area contributed by atoms with Crippen molar-refractivity contribution in [3.8, 4) is 0 Å². The molecule has 8 heteroatoms. The number of carbonyl (C=O) groups excluding carboxylic acids is 3. The number of hydrogen-bond donors (Lipinski definition) is 2. The number of nitrogens with zero attached hydrogens (tertiary/aromatic N) is 1. The fraction of sp³-hybridized carbons (Fsp3) is 0.591. The van der Waals surface area contributed by atoms with Gasteiger partial charge in [0.25, 0.3) is 0 Å². The zero-order valence-corrected chi connectivity index (χ0v) is 19.5. The Labute approximate surface area is 188 Å². The lowest BCUT2D eigenvalue weighted by Crippen LogP contribution is -2.56. The van der Waals surface area contributed by atoms with Gasteiger partial charge in [-0.15, -0.1) is 23.2 Å². The Morgan fingerprint density at radius 2 is 1.77 bits per heavy atom. The molecule has 1 aliphatic carbocycles. The van der Waals surface area contributed by atoms with Crippen LogP contribution in [0.25, 0.3) is 0 Å². The monoisotopic (exact) mass is 455 g/mol. The molecule has 2 aliphatic rings. The van der Waals surface area contributed by atoms with Crippen molar-refractivity contribution >= 4 is 40.9 Å². The predicted octanol–water partition coefficient (Wildman–Crippen LogP) is 3.23. The van der Waals surface area contributed by atoms with Gasteiger partial charge < -0.3 is 15.5 Å². The SMILES string of the molecule is CNC(=O)[C@@]1(NC(=O)[C@@H]2CCCN2C(=O)C(C)(C)C)C[C@@H]1c1ccccc1.ClCCl. The normalized spacial score (nSPS) is 25.1. The number of halogens is 2. The number of likely N-dealkylation sites (tertiary alicyclic amines) is 1. The molecule has 1 heterocycles. The van der Waals surface area contributed by atoms with Crippen LogP contribution >= 0.6 is 23.2 Å². The summed E-state index contributed by atoms with van der Waals surface area (Å²) in [6.45, 7) is 6.17. The highest BCUT2D eigenvalue weighted by atomic mass is 35.5. The Morgan fingerprint density at radius 1 is 1.17 bits per heavy atom. The first-order valence-corrected chi connectivity index (χ1v) is 11.2. The van der Waals surface area contributed by atoms with Gasteiger partial charge in [-0.05, 0) is 24.8 Å². The molecule has 0 spiro atoms. The fourth-order valence-corrected chi connectivity index (χ4v) is 4.04. The van der Waals surface area contributed by atoms with Crippen molar-refractivity contribution in [2.45, 2.75) is 57.5 Å². The molecule has 2 fully saturated rings. The van der Waals surface area contributed by atoms with Gasteiger partial charge in [-0.1, -0.05) is 51.1 Å². The van der Waals surface area contributed by atoms with Crippen LogP contribution in [0.3, 0.4) is 0 Å². The van der Waals surface area contributed by atoms with Crippen LogP contribution in [0.5, 0.6) is 0 Å². The lowest BCUT2D eigenvalue weighted by atomic mass is 9.94. The summed E-state index contributed by atoms with van der Waals surface area (Å²) in [5.74, 6) is -0.483. The summed E-state index contributed by atoms with van der Waals surface area (Å²) >= 11 is 9.53. The topological polar surface area (TPSA) is 78.5 Å². The maximum absolute atomic E-state index is 13.1. The number of hydrogen-bond acceptors (Lipinski definition) is 3. The molecule has 1 aromatic carbocycles. The van der Waals surface area contributed by atoms with Crippen molar-refractivity contribution in [2.75, 3.05) is 18.9 Å². The largest absolute Gasteiger partial charge is 0.357 e. The van der Waals surface area contributed by atoms with Crippen molar-refractivity contribution in [1.29, 1.82) is 0 Å². The standard InChI is InChI=1S/C21H29N3O3.CH2Cl2/c1-20(2,3)19(27)24-12-8-11-16(24)17(25)23-21(18(26)22-4)13-15(21)14-9-6-5-7-10-14;2-1-3/h5-7,9-10,15-16H,8,11-13H2,1-4H3,(H,22,26)(H,23,25);1H2/t15-,16+,21-;/m1./s1. The highest BCUT2D eigenvalue weighted by Crippen LogP contribution is 2.51. The molecule has 2 N–H and O–H groups in total. The number of nitrogens with one attached hydrogen (secondary N) is 2. The molecule has 6 nitrogen and oxygen atoms in total. The number of likely N-dealkylation sites (N-methyl/N-ethyl adjacent to an activating group) is 1. The molecule has 1 aromatic rings. The van der Waals surface area contributed by atoms with E-state index < -0.39 is 17.0 Å². The molecule has 166 valence electrons. The highest BCUT2D eigenvalue weighted by Gasteiger charge is 2.62. The van der Waals surface area contributed by atoms with Crippen molar-refractivity contribution in [2.24, 2.45) is 5.41 Å². The molecule has 0 unspecified atom stereocenters. The molecule has 30 heavy (non-hydrogen) atoms. The Morgan fingerprint density at radius 3 is 2.30 bits per heavy atom. The average Bonchev–Trinajstić information content (AvgIpc) is 3.22. The Hall–Kier alpha value is -1.79. The van der Waals surface area contributed by atoms with Crippen LogP contribution in [0.15, 0.2) is 30.3 Å². The van der Waals surface area contributed by atoms with E-state index in [0.717, 1.165) is 12.0 Å². The van der Waals surface area contributed by atoms with Gasteiger partial charge >= 0.3 is 0 Å². The molecule has 3 atom stereocenters. The quantitative estimate of drug-likeness (QED) is 0.683. The molecule has 1 saturated heterocycles. The average molecular weight is 456 g/mol. The number of rotatable bonds is 4. The second-order valence-corrected chi connectivity index (χ2v) is 9.52. The summed E-state index contributed by atoms with van der Waals surface area (Å²) in [6, 6.07) is 9.25. The molecule has 1 saturated carbocycles. The third-order valence-electron chi connectivity index (χ3n) is 5.60. The summed E-state index contributed by atoms with van der Waals surface area (Å²) in [4.78, 5) is 40.0. The minimum absolute atomic E-state index is 0.0236. The van der Waals surface area contributed by atoms with Gasteiger partial charge in [0.05, 0.1) is 5.34 Å². The van der Waals surface area contributed by atoms with Crippen molar-refractivity contribution in [1.82, 2.24) is 15.5 Å². The van der Waals surface area contributed by atoms with Crippen LogP contribution in [0.2, 0.25) is 0 Å². The van der Waals surface area contributed by atoms with Crippen LogP contribution in [0.4, 0.5) is 0 Å². The van der Waals surface area contributed by atoms with Gasteiger partial charge in [-0.3, -0.25) is 14.4 Å². The number of benzene rings is 1. The van der Waals surface area contributed by atoms with E-state index in [0.29, 0.717) is 19.4 Å². The Bertz CT molecular complexity index is 767. The molecule has 0 aromatic heterocycles.